The molecule has 0 saturated carbocycles. The molecule has 0 unspecified atom stereocenters. The number of hydrogen-bond acceptors (Lipinski definition) is 5. The number of carbonyl (C=O) groups excluding carboxylic acids is 3. The molecular formula is C31H37FN4O4. The number of halogens is 1. The monoisotopic (exact) mass is 548 g/mol. The number of ether oxygens (including phenoxy) is 1. The number of nitrogens with zero attached hydrogens (tertiary/aromatic N) is 2. The van der Waals surface area contributed by atoms with E-state index in [1.165, 1.54) is 6.07 Å². The Balaban J connectivity index is 1.44. The lowest BCUT2D eigenvalue weighted by Gasteiger charge is -2.28. The number of alkyl carbamates (subject to hydrolysis) is 1. The molecule has 0 aromatic heterocycles. The molecule has 3 amide bonds. The van der Waals surface area contributed by atoms with Crippen molar-refractivity contribution in [2.45, 2.75) is 77.1 Å². The third kappa shape index (κ3) is 7.34. The summed E-state index contributed by atoms with van der Waals surface area (Å²) < 4.78 is 19.6. The first kappa shape index (κ1) is 29.0. The van der Waals surface area contributed by atoms with Gasteiger partial charge in [-0.15, -0.1) is 0 Å². The van der Waals surface area contributed by atoms with Crippen LogP contribution in [0.15, 0.2) is 65.8 Å². The Hall–Kier alpha value is -4.01. The molecule has 8 nitrogen and oxygen atoms in total. The molecule has 2 aliphatic heterocycles. The van der Waals surface area contributed by atoms with Gasteiger partial charge in [0.15, 0.2) is 0 Å². The smallest absolute Gasteiger partial charge is 0.408 e. The van der Waals surface area contributed by atoms with E-state index in [-0.39, 0.29) is 24.2 Å². The van der Waals surface area contributed by atoms with Crippen molar-refractivity contribution in [2.75, 3.05) is 6.54 Å². The van der Waals surface area contributed by atoms with E-state index in [0.717, 1.165) is 18.4 Å². The fraction of sp³-hybridized carbons (Fsp3) is 0.419. The molecule has 4 rings (SSSR count). The van der Waals surface area contributed by atoms with E-state index >= 15 is 0 Å². The van der Waals surface area contributed by atoms with Crippen molar-refractivity contribution in [3.63, 3.8) is 0 Å². The van der Waals surface area contributed by atoms with E-state index in [9.17, 15) is 18.8 Å². The van der Waals surface area contributed by atoms with Crippen LogP contribution in [0.4, 0.5) is 9.18 Å². The lowest BCUT2D eigenvalue weighted by Crippen LogP contribution is -2.53. The molecule has 0 radical (unpaired) electrons. The number of carbonyl (C=O) groups is 3. The molecule has 0 aliphatic carbocycles. The van der Waals surface area contributed by atoms with E-state index < -0.39 is 29.7 Å². The number of benzene rings is 2. The Morgan fingerprint density at radius 2 is 1.77 bits per heavy atom. The molecule has 9 heteroatoms. The van der Waals surface area contributed by atoms with E-state index in [4.69, 9.17) is 4.74 Å². The van der Waals surface area contributed by atoms with Crippen molar-refractivity contribution < 1.29 is 23.5 Å². The van der Waals surface area contributed by atoms with Gasteiger partial charge in [-0.05, 0) is 57.7 Å². The fourth-order valence-electron chi connectivity index (χ4n) is 5.03. The van der Waals surface area contributed by atoms with Crippen LogP contribution < -0.4 is 10.6 Å². The van der Waals surface area contributed by atoms with Gasteiger partial charge in [0.2, 0.25) is 11.8 Å². The highest BCUT2D eigenvalue weighted by Crippen LogP contribution is 2.32. The number of amides is 3. The molecule has 0 bridgehead atoms. The normalized spacial score (nSPS) is 18.4. The maximum Gasteiger partial charge on any atom is 0.408 e. The summed E-state index contributed by atoms with van der Waals surface area (Å²) in [5, 5.41) is 5.47. The van der Waals surface area contributed by atoms with Crippen LogP contribution in [0, 0.1) is 5.82 Å². The van der Waals surface area contributed by atoms with Crippen molar-refractivity contribution in [1.29, 1.82) is 0 Å². The molecular weight excluding hydrogens is 511 g/mol. The quantitative estimate of drug-likeness (QED) is 0.476. The molecule has 0 spiro atoms. The highest BCUT2D eigenvalue weighted by molar-refractivity contribution is 6.03. The van der Waals surface area contributed by atoms with Gasteiger partial charge in [-0.2, -0.15) is 0 Å². The van der Waals surface area contributed by atoms with Gasteiger partial charge in [-0.25, -0.2) is 9.18 Å². The number of likely N-dealkylation sites (tertiary alicyclic amines) is 1. The van der Waals surface area contributed by atoms with Gasteiger partial charge < -0.3 is 20.3 Å². The van der Waals surface area contributed by atoms with Crippen molar-refractivity contribution in [2.24, 2.45) is 4.99 Å². The maximum atomic E-state index is 14.3. The minimum Gasteiger partial charge on any atom is -0.444 e. The maximum absolute atomic E-state index is 14.3. The Morgan fingerprint density at radius 1 is 1.07 bits per heavy atom. The van der Waals surface area contributed by atoms with Gasteiger partial charge in [0.05, 0.1) is 18.5 Å². The fourth-order valence-corrected chi connectivity index (χ4v) is 5.03. The minimum absolute atomic E-state index is 0.0754. The number of hydrogen-bond donors (Lipinski definition) is 2. The zero-order valence-electron chi connectivity index (χ0n) is 23.4. The molecule has 2 aromatic carbocycles. The predicted octanol–water partition coefficient (Wildman–Crippen LogP) is 5.16. The molecule has 1 fully saturated rings. The summed E-state index contributed by atoms with van der Waals surface area (Å²) in [6.07, 6.45) is 2.67. The van der Waals surface area contributed by atoms with Gasteiger partial charge >= 0.3 is 6.09 Å². The van der Waals surface area contributed by atoms with Crippen LogP contribution in [0.25, 0.3) is 5.57 Å². The lowest BCUT2D eigenvalue weighted by atomic mass is 9.99. The summed E-state index contributed by atoms with van der Waals surface area (Å²) >= 11 is 0. The van der Waals surface area contributed by atoms with Gasteiger partial charge in [-0.1, -0.05) is 48.5 Å². The number of allylic oxidation sites excluding steroid dienone is 1. The van der Waals surface area contributed by atoms with Gasteiger partial charge in [0.1, 0.15) is 17.5 Å². The van der Waals surface area contributed by atoms with Crippen molar-refractivity contribution in [1.82, 2.24) is 15.5 Å². The molecule has 212 valence electrons. The molecule has 2 aromatic rings. The molecule has 3 atom stereocenters. The summed E-state index contributed by atoms with van der Waals surface area (Å²) in [6, 6.07) is 14.5. The highest BCUT2D eigenvalue weighted by Gasteiger charge is 2.34. The summed E-state index contributed by atoms with van der Waals surface area (Å²) in [7, 11) is 0. The van der Waals surface area contributed by atoms with Gasteiger partial charge in [0.25, 0.3) is 0 Å². The third-order valence-corrected chi connectivity index (χ3v) is 6.98. The Labute approximate surface area is 234 Å². The van der Waals surface area contributed by atoms with E-state index in [0.29, 0.717) is 29.8 Å². The van der Waals surface area contributed by atoms with Crippen molar-refractivity contribution in [3.8, 4) is 0 Å². The van der Waals surface area contributed by atoms with Crippen LogP contribution in [-0.4, -0.2) is 52.7 Å². The second kappa shape index (κ2) is 12.4. The summed E-state index contributed by atoms with van der Waals surface area (Å²) in [5.41, 5.74) is 2.10. The Morgan fingerprint density at radius 3 is 2.48 bits per heavy atom. The van der Waals surface area contributed by atoms with Crippen LogP contribution in [0.5, 0.6) is 0 Å². The average Bonchev–Trinajstić information content (AvgIpc) is 3.58. The van der Waals surface area contributed by atoms with Gasteiger partial charge in [-0.3, -0.25) is 14.6 Å². The lowest BCUT2D eigenvalue weighted by molar-refractivity contribution is -0.135. The zero-order chi connectivity index (χ0) is 28.9. The number of rotatable bonds is 8. The van der Waals surface area contributed by atoms with Crippen LogP contribution in [0.3, 0.4) is 0 Å². The first-order chi connectivity index (χ1) is 19.0. The number of aliphatic imine (C=N–C) groups is 1. The number of nitrogens with one attached hydrogen (secondary N) is 2. The van der Waals surface area contributed by atoms with E-state index in [1.54, 1.807) is 57.0 Å². The van der Waals surface area contributed by atoms with E-state index in [2.05, 4.69) is 15.6 Å². The minimum atomic E-state index is -1.15. The van der Waals surface area contributed by atoms with Crippen molar-refractivity contribution in [3.05, 3.63) is 77.7 Å². The molecule has 2 heterocycles. The predicted molar refractivity (Wildman–Crippen MR) is 152 cm³/mol. The second-order valence-electron chi connectivity index (χ2n) is 11.2. The third-order valence-electron chi connectivity index (χ3n) is 6.98. The van der Waals surface area contributed by atoms with Crippen LogP contribution in [-0.2, 0) is 14.3 Å². The summed E-state index contributed by atoms with van der Waals surface area (Å²) in [5.74, 6) is -1.08. The molecule has 2 N–H and O–H groups in total. The largest absolute Gasteiger partial charge is 0.444 e. The first-order valence-electron chi connectivity index (χ1n) is 13.7. The van der Waals surface area contributed by atoms with Crippen LogP contribution in [0.1, 0.15) is 70.5 Å². The first-order valence-corrected chi connectivity index (χ1v) is 13.7. The Kier molecular flexibility index (Phi) is 9.02. The second-order valence-corrected chi connectivity index (χ2v) is 11.2. The highest BCUT2D eigenvalue weighted by atomic mass is 19.1. The summed E-state index contributed by atoms with van der Waals surface area (Å²) in [6.45, 7) is 7.52. The van der Waals surface area contributed by atoms with Crippen molar-refractivity contribution >= 4 is 29.2 Å². The summed E-state index contributed by atoms with van der Waals surface area (Å²) in [4.78, 5) is 45.7. The molecule has 1 saturated heterocycles. The standard InChI is InChI=1S/C31H37FN4O4/c1-20(25-17-22(19-33-25)23-13-8-9-14-24(23)32)34-29(38)26(35-30(39)40-31(2,3)4)18-28(37)36-16-10-15-27(36)21-11-6-5-7-12-21/h5-9,11-14,19-20,26-27H,10,15-18H2,1-4H3,(H,34,38)(H,35,39)/t20-,26-,27+/m0/s1. The van der Waals surface area contributed by atoms with Gasteiger partial charge in [0, 0.05) is 30.4 Å². The van der Waals surface area contributed by atoms with Crippen LogP contribution in [0.2, 0.25) is 0 Å². The Bertz CT molecular complexity index is 1300. The molecule has 2 aliphatic rings. The SMILES string of the molecule is C[C@H](NC(=O)[C@H](CC(=O)N1CCC[C@@H]1c1ccccc1)NC(=O)OC(C)(C)C)C1=NC=C(c2ccccc2F)C1. The topological polar surface area (TPSA) is 100 Å². The zero-order valence-corrected chi connectivity index (χ0v) is 23.4. The molecule has 40 heavy (non-hydrogen) atoms. The van der Waals surface area contributed by atoms with E-state index in [1.807, 2.05) is 30.3 Å². The average molecular weight is 549 g/mol. The van der Waals surface area contributed by atoms with Crippen LogP contribution >= 0.6 is 0 Å².